The molecule has 0 bridgehead atoms. The summed E-state index contributed by atoms with van der Waals surface area (Å²) in [4.78, 5) is 43.0. The second-order valence-corrected chi connectivity index (χ2v) is 7.74. The molecule has 0 unspecified atom stereocenters. The van der Waals surface area contributed by atoms with Crippen molar-refractivity contribution in [2.45, 2.75) is 0 Å². The van der Waals surface area contributed by atoms with Crippen LogP contribution in [0.4, 0.5) is 11.5 Å². The van der Waals surface area contributed by atoms with Gasteiger partial charge in [0.25, 0.3) is 11.8 Å². The van der Waals surface area contributed by atoms with Crippen molar-refractivity contribution in [2.75, 3.05) is 17.2 Å². The molecule has 0 fully saturated rings. The van der Waals surface area contributed by atoms with E-state index in [1.165, 1.54) is 4.90 Å². The molecule has 7 nitrogen and oxygen atoms in total. The SMILES string of the molecule is C=C1c2ccccc2C(=O)N1CC(=O)Nc1cccc(C(=O)Nc2ccc(Br)cn2)c1. The number of hydrogen-bond acceptors (Lipinski definition) is 4. The molecule has 154 valence electrons. The van der Waals surface area contributed by atoms with E-state index in [-0.39, 0.29) is 18.4 Å². The number of nitrogens with zero attached hydrogens (tertiary/aromatic N) is 2. The zero-order chi connectivity index (χ0) is 22.0. The first-order valence-electron chi connectivity index (χ1n) is 9.35. The molecule has 3 amide bonds. The first-order valence-corrected chi connectivity index (χ1v) is 10.1. The zero-order valence-electron chi connectivity index (χ0n) is 16.3. The van der Waals surface area contributed by atoms with Gasteiger partial charge >= 0.3 is 0 Å². The second kappa shape index (κ2) is 8.53. The van der Waals surface area contributed by atoms with Crippen LogP contribution in [-0.2, 0) is 4.79 Å². The first kappa shape index (κ1) is 20.5. The minimum atomic E-state index is -0.394. The number of halogens is 1. The molecule has 1 aliphatic rings. The first-order chi connectivity index (χ1) is 14.9. The molecular weight excluding hydrogens is 460 g/mol. The highest BCUT2D eigenvalue weighted by molar-refractivity contribution is 9.10. The molecule has 4 rings (SSSR count). The average Bonchev–Trinajstić information content (AvgIpc) is 3.00. The number of rotatable bonds is 5. The van der Waals surface area contributed by atoms with E-state index in [2.05, 4.69) is 38.1 Å². The standard InChI is InChI=1S/C23H17BrN4O3/c1-14-18-7-2-3-8-19(18)23(31)28(14)13-21(29)26-17-6-4-5-15(11-17)22(30)27-20-10-9-16(24)12-25-20/h2-12H,1,13H2,(H,26,29)(H,25,27,30). The summed E-state index contributed by atoms with van der Waals surface area (Å²) < 4.78 is 0.803. The summed E-state index contributed by atoms with van der Waals surface area (Å²) in [5.74, 6) is -0.599. The Labute approximate surface area is 186 Å². The highest BCUT2D eigenvalue weighted by Crippen LogP contribution is 2.30. The Morgan fingerprint density at radius 1 is 1.00 bits per heavy atom. The summed E-state index contributed by atoms with van der Waals surface area (Å²) in [7, 11) is 0. The van der Waals surface area contributed by atoms with Crippen LogP contribution in [0.25, 0.3) is 5.70 Å². The van der Waals surface area contributed by atoms with Crippen LogP contribution >= 0.6 is 15.9 Å². The van der Waals surface area contributed by atoms with Gasteiger partial charge in [0.15, 0.2) is 0 Å². The highest BCUT2D eigenvalue weighted by Gasteiger charge is 2.31. The highest BCUT2D eigenvalue weighted by atomic mass is 79.9. The summed E-state index contributed by atoms with van der Waals surface area (Å²) in [6, 6.07) is 17.1. The average molecular weight is 477 g/mol. The van der Waals surface area contributed by atoms with Crippen LogP contribution in [0.5, 0.6) is 0 Å². The quantitative estimate of drug-likeness (QED) is 0.578. The van der Waals surface area contributed by atoms with E-state index >= 15 is 0 Å². The third-order valence-electron chi connectivity index (χ3n) is 4.72. The smallest absolute Gasteiger partial charge is 0.259 e. The van der Waals surface area contributed by atoms with E-state index in [1.54, 1.807) is 60.8 Å². The van der Waals surface area contributed by atoms with Gasteiger partial charge in [-0.25, -0.2) is 4.98 Å². The van der Waals surface area contributed by atoms with Gasteiger partial charge in [-0.2, -0.15) is 0 Å². The van der Waals surface area contributed by atoms with Crippen LogP contribution in [0.3, 0.4) is 0 Å². The maximum atomic E-state index is 12.6. The molecule has 3 aromatic rings. The van der Waals surface area contributed by atoms with Crippen molar-refractivity contribution in [1.29, 1.82) is 0 Å². The van der Waals surface area contributed by atoms with E-state index in [9.17, 15) is 14.4 Å². The van der Waals surface area contributed by atoms with Crippen molar-refractivity contribution in [2.24, 2.45) is 0 Å². The lowest BCUT2D eigenvalue weighted by molar-refractivity contribution is -0.116. The predicted molar refractivity (Wildman–Crippen MR) is 121 cm³/mol. The number of amides is 3. The van der Waals surface area contributed by atoms with Crippen molar-refractivity contribution in [3.8, 4) is 0 Å². The molecule has 0 radical (unpaired) electrons. The molecule has 1 aliphatic heterocycles. The molecule has 0 saturated carbocycles. The number of aromatic nitrogens is 1. The van der Waals surface area contributed by atoms with Gasteiger partial charge in [0, 0.05) is 38.7 Å². The predicted octanol–water partition coefficient (Wildman–Crippen LogP) is 4.16. The molecular formula is C23H17BrN4O3. The van der Waals surface area contributed by atoms with Crippen molar-refractivity contribution >= 4 is 50.9 Å². The summed E-state index contributed by atoms with van der Waals surface area (Å²) in [5.41, 5.74) is 2.54. The summed E-state index contributed by atoms with van der Waals surface area (Å²) in [6.07, 6.45) is 1.58. The molecule has 31 heavy (non-hydrogen) atoms. The molecule has 0 atom stereocenters. The number of nitrogens with one attached hydrogen (secondary N) is 2. The Balaban J connectivity index is 1.41. The number of carbonyl (C=O) groups is 3. The molecule has 1 aromatic heterocycles. The van der Waals surface area contributed by atoms with Crippen LogP contribution in [-0.4, -0.2) is 34.2 Å². The summed E-state index contributed by atoms with van der Waals surface area (Å²) in [5, 5.41) is 5.43. The van der Waals surface area contributed by atoms with Crippen LogP contribution in [0, 0.1) is 0 Å². The number of anilines is 2. The maximum Gasteiger partial charge on any atom is 0.259 e. The van der Waals surface area contributed by atoms with Crippen molar-refractivity contribution in [3.05, 3.63) is 94.6 Å². The van der Waals surface area contributed by atoms with Gasteiger partial charge in [0.1, 0.15) is 12.4 Å². The van der Waals surface area contributed by atoms with Crippen LogP contribution in [0.1, 0.15) is 26.3 Å². The fourth-order valence-corrected chi connectivity index (χ4v) is 3.46. The zero-order valence-corrected chi connectivity index (χ0v) is 17.8. The van der Waals surface area contributed by atoms with E-state index in [1.807, 2.05) is 6.07 Å². The number of hydrogen-bond donors (Lipinski definition) is 2. The monoisotopic (exact) mass is 476 g/mol. The number of pyridine rings is 1. The van der Waals surface area contributed by atoms with Gasteiger partial charge in [-0.15, -0.1) is 0 Å². The molecule has 2 heterocycles. The number of benzene rings is 2. The minimum absolute atomic E-state index is 0.175. The molecule has 2 N–H and O–H groups in total. The molecule has 0 spiro atoms. The lowest BCUT2D eigenvalue weighted by Gasteiger charge is -2.17. The second-order valence-electron chi connectivity index (χ2n) is 6.83. The van der Waals surface area contributed by atoms with Crippen LogP contribution < -0.4 is 10.6 Å². The topological polar surface area (TPSA) is 91.4 Å². The lowest BCUT2D eigenvalue weighted by atomic mass is 10.1. The lowest BCUT2D eigenvalue weighted by Crippen LogP contribution is -2.32. The Morgan fingerprint density at radius 3 is 2.48 bits per heavy atom. The van der Waals surface area contributed by atoms with Gasteiger partial charge in [-0.3, -0.25) is 19.3 Å². The minimum Gasteiger partial charge on any atom is -0.325 e. The Hall–Kier alpha value is -3.78. The molecule has 8 heteroatoms. The summed E-state index contributed by atoms with van der Waals surface area (Å²) >= 11 is 3.29. The normalized spacial score (nSPS) is 12.5. The Morgan fingerprint density at radius 2 is 1.77 bits per heavy atom. The van der Waals surface area contributed by atoms with E-state index in [0.29, 0.717) is 28.3 Å². The Kier molecular flexibility index (Phi) is 5.64. The molecule has 0 aliphatic carbocycles. The Bertz CT molecular complexity index is 1170. The van der Waals surface area contributed by atoms with Gasteiger partial charge in [-0.1, -0.05) is 30.8 Å². The fourth-order valence-electron chi connectivity index (χ4n) is 3.22. The largest absolute Gasteiger partial charge is 0.325 e. The maximum absolute atomic E-state index is 12.6. The van der Waals surface area contributed by atoms with Crippen LogP contribution in [0.2, 0.25) is 0 Å². The third kappa shape index (κ3) is 4.39. The van der Waals surface area contributed by atoms with E-state index in [0.717, 1.165) is 10.0 Å². The van der Waals surface area contributed by atoms with Crippen molar-refractivity contribution < 1.29 is 14.4 Å². The summed E-state index contributed by atoms with van der Waals surface area (Å²) in [6.45, 7) is 3.76. The van der Waals surface area contributed by atoms with Gasteiger partial charge in [-0.05, 0) is 52.3 Å². The van der Waals surface area contributed by atoms with Gasteiger partial charge in [0.05, 0.1) is 0 Å². The fraction of sp³-hybridized carbons (Fsp3) is 0.0435. The van der Waals surface area contributed by atoms with E-state index < -0.39 is 5.91 Å². The van der Waals surface area contributed by atoms with Crippen molar-refractivity contribution in [1.82, 2.24) is 9.88 Å². The van der Waals surface area contributed by atoms with E-state index in [4.69, 9.17) is 0 Å². The number of fused-ring (bicyclic) bond motifs is 1. The van der Waals surface area contributed by atoms with Crippen molar-refractivity contribution in [3.63, 3.8) is 0 Å². The van der Waals surface area contributed by atoms with Crippen LogP contribution in [0.15, 0.2) is 77.9 Å². The van der Waals surface area contributed by atoms with Gasteiger partial charge < -0.3 is 10.6 Å². The third-order valence-corrected chi connectivity index (χ3v) is 5.19. The molecule has 0 saturated heterocycles. The number of carbonyl (C=O) groups excluding carboxylic acids is 3. The van der Waals surface area contributed by atoms with Gasteiger partial charge in [0.2, 0.25) is 5.91 Å². The molecule has 2 aromatic carbocycles.